The van der Waals surface area contributed by atoms with Gasteiger partial charge in [0.1, 0.15) is 5.69 Å². The Balaban J connectivity index is 3.36. The van der Waals surface area contributed by atoms with Crippen molar-refractivity contribution in [3.8, 4) is 0 Å². The zero-order chi connectivity index (χ0) is 9.30. The number of carbonyl (C=O) groups is 1. The van der Waals surface area contributed by atoms with Crippen LogP contribution in [-0.4, -0.2) is 10.9 Å². The number of hydrogen-bond donors (Lipinski definition) is 1. The summed E-state index contributed by atoms with van der Waals surface area (Å²) in [5.74, 6) is -0.737. The van der Waals surface area contributed by atoms with Crippen molar-refractivity contribution in [2.75, 3.05) is 0 Å². The Morgan fingerprint density at radius 2 is 1.92 bits per heavy atom. The fourth-order valence-corrected chi connectivity index (χ4v) is 1.19. The molecule has 64 valence electrons. The number of halogens is 3. The maximum absolute atomic E-state index is 10.7. The average molecular weight is 225 g/mol. The topological polar surface area (TPSA) is 56.0 Å². The summed E-state index contributed by atoms with van der Waals surface area (Å²) in [5.41, 5.74) is 4.87. The molecule has 1 heterocycles. The highest BCUT2D eigenvalue weighted by molar-refractivity contribution is 6.48. The van der Waals surface area contributed by atoms with Crippen molar-refractivity contribution in [3.63, 3.8) is 0 Å². The van der Waals surface area contributed by atoms with Gasteiger partial charge in [0, 0.05) is 6.20 Å². The summed E-state index contributed by atoms with van der Waals surface area (Å²) in [6.07, 6.45) is 1.22. The monoisotopic (exact) mass is 224 g/mol. The predicted octanol–water partition coefficient (Wildman–Crippen LogP) is 2.14. The Morgan fingerprint density at radius 1 is 1.33 bits per heavy atom. The van der Waals surface area contributed by atoms with E-state index in [1.54, 1.807) is 0 Å². The molecule has 0 aliphatic carbocycles. The molecule has 1 rings (SSSR count). The van der Waals surface area contributed by atoms with Crippen LogP contribution in [0.3, 0.4) is 0 Å². The minimum atomic E-state index is -0.737. The minimum Gasteiger partial charge on any atom is -0.364 e. The maximum Gasteiger partial charge on any atom is 0.268 e. The van der Waals surface area contributed by atoms with Crippen molar-refractivity contribution in [3.05, 3.63) is 27.0 Å². The van der Waals surface area contributed by atoms with E-state index in [-0.39, 0.29) is 20.8 Å². The van der Waals surface area contributed by atoms with Crippen LogP contribution in [0.5, 0.6) is 0 Å². The van der Waals surface area contributed by atoms with Gasteiger partial charge in [-0.3, -0.25) is 4.79 Å². The molecule has 0 saturated heterocycles. The van der Waals surface area contributed by atoms with Crippen molar-refractivity contribution in [1.29, 1.82) is 0 Å². The number of pyridine rings is 1. The van der Waals surface area contributed by atoms with Crippen molar-refractivity contribution in [2.45, 2.75) is 0 Å². The van der Waals surface area contributed by atoms with Crippen LogP contribution in [0.1, 0.15) is 10.5 Å². The summed E-state index contributed by atoms with van der Waals surface area (Å²) in [4.78, 5) is 14.3. The Morgan fingerprint density at radius 3 is 2.42 bits per heavy atom. The Kier molecular flexibility index (Phi) is 2.77. The molecule has 1 aromatic heterocycles. The van der Waals surface area contributed by atoms with E-state index in [9.17, 15) is 4.79 Å². The highest BCUT2D eigenvalue weighted by Crippen LogP contribution is 2.30. The fraction of sp³-hybridized carbons (Fsp3) is 0. The van der Waals surface area contributed by atoms with Gasteiger partial charge in [0.15, 0.2) is 0 Å². The first-order chi connectivity index (χ1) is 5.54. The quantitative estimate of drug-likeness (QED) is 0.796. The van der Waals surface area contributed by atoms with Crippen molar-refractivity contribution in [1.82, 2.24) is 4.98 Å². The van der Waals surface area contributed by atoms with Crippen LogP contribution >= 0.6 is 34.8 Å². The molecule has 3 nitrogen and oxygen atoms in total. The van der Waals surface area contributed by atoms with E-state index in [0.29, 0.717) is 0 Å². The molecule has 0 aliphatic heterocycles. The highest BCUT2D eigenvalue weighted by atomic mass is 35.5. The van der Waals surface area contributed by atoms with Gasteiger partial charge in [0.05, 0.1) is 15.1 Å². The Labute approximate surface area is 83.4 Å². The van der Waals surface area contributed by atoms with Crippen molar-refractivity contribution < 1.29 is 4.79 Å². The molecule has 0 aromatic carbocycles. The number of hydrogen-bond acceptors (Lipinski definition) is 2. The summed E-state index contributed by atoms with van der Waals surface area (Å²) in [6.45, 7) is 0. The summed E-state index contributed by atoms with van der Waals surface area (Å²) in [5, 5.41) is 0.255. The van der Waals surface area contributed by atoms with Crippen LogP contribution in [0, 0.1) is 0 Å². The molecule has 0 aliphatic rings. The van der Waals surface area contributed by atoms with Crippen molar-refractivity contribution >= 4 is 40.7 Å². The van der Waals surface area contributed by atoms with E-state index in [1.165, 1.54) is 6.20 Å². The van der Waals surface area contributed by atoms with E-state index >= 15 is 0 Å². The number of primary amides is 1. The third kappa shape index (κ3) is 1.63. The van der Waals surface area contributed by atoms with Gasteiger partial charge in [0.2, 0.25) is 0 Å². The molecule has 2 N–H and O–H groups in total. The van der Waals surface area contributed by atoms with Crippen LogP contribution < -0.4 is 5.73 Å². The molecule has 6 heteroatoms. The number of nitrogens with zero attached hydrogens (tertiary/aromatic N) is 1. The molecule has 0 spiro atoms. The zero-order valence-corrected chi connectivity index (χ0v) is 7.91. The second-order valence-electron chi connectivity index (χ2n) is 1.95. The lowest BCUT2D eigenvalue weighted by Crippen LogP contribution is -2.13. The molecule has 0 fully saturated rings. The first-order valence-corrected chi connectivity index (χ1v) is 3.96. The first kappa shape index (κ1) is 9.58. The van der Waals surface area contributed by atoms with Gasteiger partial charge in [-0.25, -0.2) is 4.98 Å². The molecule has 1 amide bonds. The summed E-state index contributed by atoms with van der Waals surface area (Å²) >= 11 is 16.8. The van der Waals surface area contributed by atoms with Crippen LogP contribution in [0.2, 0.25) is 15.1 Å². The minimum absolute atomic E-state index is 0.0170. The summed E-state index contributed by atoms with van der Waals surface area (Å²) in [6, 6.07) is 0. The SMILES string of the molecule is NC(=O)c1ncc(Cl)c(Cl)c1Cl. The van der Waals surface area contributed by atoms with Gasteiger partial charge >= 0.3 is 0 Å². The highest BCUT2D eigenvalue weighted by Gasteiger charge is 2.13. The molecule has 0 unspecified atom stereocenters. The normalized spacial score (nSPS) is 9.92. The average Bonchev–Trinajstić information content (AvgIpc) is 2.00. The lowest BCUT2D eigenvalue weighted by Gasteiger charge is -2.01. The zero-order valence-electron chi connectivity index (χ0n) is 5.64. The van der Waals surface area contributed by atoms with Crippen LogP contribution in [0.15, 0.2) is 6.20 Å². The lowest BCUT2D eigenvalue weighted by atomic mass is 10.3. The van der Waals surface area contributed by atoms with E-state index in [1.807, 2.05) is 0 Å². The van der Waals surface area contributed by atoms with Gasteiger partial charge in [-0.05, 0) is 0 Å². The number of amides is 1. The van der Waals surface area contributed by atoms with Gasteiger partial charge in [0.25, 0.3) is 5.91 Å². The Bertz CT molecular complexity index is 340. The Hall–Kier alpha value is -0.510. The molecule has 0 atom stereocenters. The summed E-state index contributed by atoms with van der Waals surface area (Å²) in [7, 11) is 0. The molecule has 0 bridgehead atoms. The number of carbonyl (C=O) groups excluding carboxylic acids is 1. The van der Waals surface area contributed by atoms with E-state index in [0.717, 1.165) is 0 Å². The number of rotatable bonds is 1. The van der Waals surface area contributed by atoms with Gasteiger partial charge in [-0.1, -0.05) is 34.8 Å². The maximum atomic E-state index is 10.7. The third-order valence-electron chi connectivity index (χ3n) is 1.15. The standard InChI is InChI=1S/C6H3Cl3N2O/c7-2-1-11-5(6(10)12)4(9)3(2)8/h1H,(H2,10,12). The van der Waals surface area contributed by atoms with E-state index in [4.69, 9.17) is 40.5 Å². The van der Waals surface area contributed by atoms with Gasteiger partial charge in [-0.15, -0.1) is 0 Å². The van der Waals surface area contributed by atoms with Crippen LogP contribution in [0.4, 0.5) is 0 Å². The molecular formula is C6H3Cl3N2O. The molecular weight excluding hydrogens is 222 g/mol. The molecule has 12 heavy (non-hydrogen) atoms. The number of nitrogens with two attached hydrogens (primary N) is 1. The fourth-order valence-electron chi connectivity index (χ4n) is 0.615. The molecule has 1 aromatic rings. The second kappa shape index (κ2) is 3.47. The summed E-state index contributed by atoms with van der Waals surface area (Å²) < 4.78 is 0. The first-order valence-electron chi connectivity index (χ1n) is 2.83. The van der Waals surface area contributed by atoms with E-state index < -0.39 is 5.91 Å². The van der Waals surface area contributed by atoms with E-state index in [2.05, 4.69) is 4.98 Å². The molecule has 0 saturated carbocycles. The van der Waals surface area contributed by atoms with Gasteiger partial charge < -0.3 is 5.73 Å². The second-order valence-corrected chi connectivity index (χ2v) is 3.11. The third-order valence-corrected chi connectivity index (χ3v) is 2.39. The van der Waals surface area contributed by atoms with Crippen LogP contribution in [0.25, 0.3) is 0 Å². The number of aromatic nitrogens is 1. The molecule has 0 radical (unpaired) electrons. The smallest absolute Gasteiger partial charge is 0.268 e. The lowest BCUT2D eigenvalue weighted by molar-refractivity contribution is 0.0996. The van der Waals surface area contributed by atoms with Crippen molar-refractivity contribution in [2.24, 2.45) is 5.73 Å². The predicted molar refractivity (Wildman–Crippen MR) is 47.8 cm³/mol. The van der Waals surface area contributed by atoms with Gasteiger partial charge in [-0.2, -0.15) is 0 Å². The van der Waals surface area contributed by atoms with Crippen LogP contribution in [-0.2, 0) is 0 Å². The largest absolute Gasteiger partial charge is 0.364 e.